The molecule has 0 saturated heterocycles. The fourth-order valence-electron chi connectivity index (χ4n) is 1.59. The molecule has 98 valence electrons. The first-order chi connectivity index (χ1) is 8.45. The van der Waals surface area contributed by atoms with Gasteiger partial charge in [0.15, 0.2) is 0 Å². The molecular formula is C12H15ClN2O3. The predicted molar refractivity (Wildman–Crippen MR) is 67.7 cm³/mol. The Balaban J connectivity index is 2.95. The van der Waals surface area contributed by atoms with E-state index in [1.54, 1.807) is 19.9 Å². The minimum absolute atomic E-state index is 0.107. The fourth-order valence-corrected chi connectivity index (χ4v) is 1.75. The van der Waals surface area contributed by atoms with Crippen LogP contribution in [-0.2, 0) is 4.79 Å². The monoisotopic (exact) mass is 270 g/mol. The summed E-state index contributed by atoms with van der Waals surface area (Å²) in [6, 6.07) is 2.94. The number of hydrogen-bond acceptors (Lipinski definition) is 3. The van der Waals surface area contributed by atoms with Crippen LogP contribution in [0.3, 0.4) is 0 Å². The molecule has 1 aromatic rings. The Labute approximate surface area is 110 Å². The van der Waals surface area contributed by atoms with Crippen LogP contribution in [0.4, 0.5) is 0 Å². The van der Waals surface area contributed by atoms with Gasteiger partial charge in [-0.15, -0.1) is 0 Å². The van der Waals surface area contributed by atoms with Crippen molar-refractivity contribution in [1.82, 2.24) is 10.3 Å². The molecule has 5 nitrogen and oxygen atoms in total. The van der Waals surface area contributed by atoms with Crippen LogP contribution in [0, 0.1) is 0 Å². The van der Waals surface area contributed by atoms with Crippen molar-refractivity contribution in [2.24, 2.45) is 0 Å². The van der Waals surface area contributed by atoms with Gasteiger partial charge >= 0.3 is 5.97 Å². The van der Waals surface area contributed by atoms with Crippen molar-refractivity contribution >= 4 is 23.5 Å². The number of nitrogens with zero attached hydrogens (tertiary/aromatic N) is 1. The van der Waals surface area contributed by atoms with Gasteiger partial charge in [0, 0.05) is 11.2 Å². The highest BCUT2D eigenvalue weighted by Crippen LogP contribution is 2.17. The molecule has 0 aromatic carbocycles. The molecule has 1 rings (SSSR count). The Hall–Kier alpha value is -1.62. The van der Waals surface area contributed by atoms with E-state index in [2.05, 4.69) is 10.3 Å². The Kier molecular flexibility index (Phi) is 4.67. The lowest BCUT2D eigenvalue weighted by Crippen LogP contribution is -2.53. The van der Waals surface area contributed by atoms with E-state index in [-0.39, 0.29) is 5.69 Å². The Bertz CT molecular complexity index is 458. The first-order valence-electron chi connectivity index (χ1n) is 5.62. The van der Waals surface area contributed by atoms with Crippen LogP contribution in [0.15, 0.2) is 18.3 Å². The number of aliphatic carboxylic acids is 1. The van der Waals surface area contributed by atoms with Crippen LogP contribution in [0.5, 0.6) is 0 Å². The quantitative estimate of drug-likeness (QED) is 0.859. The van der Waals surface area contributed by atoms with E-state index in [0.29, 0.717) is 17.9 Å². The summed E-state index contributed by atoms with van der Waals surface area (Å²) >= 11 is 5.75. The number of hydrogen-bond donors (Lipinski definition) is 2. The van der Waals surface area contributed by atoms with E-state index in [0.717, 1.165) is 0 Å². The van der Waals surface area contributed by atoms with Crippen molar-refractivity contribution < 1.29 is 14.7 Å². The molecule has 6 heteroatoms. The zero-order chi connectivity index (χ0) is 13.8. The second-order valence-electron chi connectivity index (χ2n) is 3.91. The highest BCUT2D eigenvalue weighted by Gasteiger charge is 2.36. The lowest BCUT2D eigenvalue weighted by atomic mass is 9.93. The van der Waals surface area contributed by atoms with Crippen molar-refractivity contribution in [2.45, 2.75) is 32.2 Å². The Morgan fingerprint density at radius 1 is 1.44 bits per heavy atom. The number of nitrogens with one attached hydrogen (secondary N) is 1. The van der Waals surface area contributed by atoms with Gasteiger partial charge < -0.3 is 10.4 Å². The number of pyridine rings is 1. The summed E-state index contributed by atoms with van der Waals surface area (Å²) in [5, 5.41) is 12.1. The summed E-state index contributed by atoms with van der Waals surface area (Å²) < 4.78 is 0. The minimum atomic E-state index is -1.26. The molecule has 0 aliphatic carbocycles. The molecule has 0 saturated carbocycles. The molecular weight excluding hydrogens is 256 g/mol. The van der Waals surface area contributed by atoms with E-state index in [9.17, 15) is 14.7 Å². The van der Waals surface area contributed by atoms with Gasteiger partial charge in [0.05, 0.1) is 0 Å². The second-order valence-corrected chi connectivity index (χ2v) is 4.34. The van der Waals surface area contributed by atoms with Crippen LogP contribution in [0.25, 0.3) is 0 Å². The number of carbonyl (C=O) groups is 2. The second kappa shape index (κ2) is 5.82. The molecule has 0 unspecified atom stereocenters. The normalized spacial score (nSPS) is 11.1. The summed E-state index contributed by atoms with van der Waals surface area (Å²) in [6.07, 6.45) is 1.99. The number of carbonyl (C=O) groups excluding carboxylic acids is 1. The van der Waals surface area contributed by atoms with Crippen molar-refractivity contribution in [3.05, 3.63) is 29.0 Å². The molecule has 0 spiro atoms. The standard InChI is InChI=1S/C12H15ClN2O3/c1-3-12(4-2,11(17)18)15-10(16)9-7-8(13)5-6-14-9/h5-7H,3-4H2,1-2H3,(H,15,16)(H,17,18). The van der Waals surface area contributed by atoms with Crippen LogP contribution in [0.1, 0.15) is 37.2 Å². The molecule has 1 aromatic heterocycles. The predicted octanol–water partition coefficient (Wildman–Crippen LogP) is 2.11. The smallest absolute Gasteiger partial charge is 0.329 e. The number of halogens is 1. The van der Waals surface area contributed by atoms with Crippen molar-refractivity contribution in [2.75, 3.05) is 0 Å². The lowest BCUT2D eigenvalue weighted by molar-refractivity contribution is -0.144. The summed E-state index contributed by atoms with van der Waals surface area (Å²) in [7, 11) is 0. The highest BCUT2D eigenvalue weighted by atomic mass is 35.5. The van der Waals surface area contributed by atoms with E-state index in [1.807, 2.05) is 0 Å². The lowest BCUT2D eigenvalue weighted by Gasteiger charge is -2.27. The highest BCUT2D eigenvalue weighted by molar-refractivity contribution is 6.30. The van der Waals surface area contributed by atoms with E-state index in [4.69, 9.17) is 11.6 Å². The Morgan fingerprint density at radius 2 is 2.06 bits per heavy atom. The largest absolute Gasteiger partial charge is 0.480 e. The maximum absolute atomic E-state index is 11.9. The molecule has 18 heavy (non-hydrogen) atoms. The number of rotatable bonds is 5. The average molecular weight is 271 g/mol. The van der Waals surface area contributed by atoms with Crippen molar-refractivity contribution in [1.29, 1.82) is 0 Å². The zero-order valence-electron chi connectivity index (χ0n) is 10.2. The molecule has 1 amide bonds. The molecule has 0 radical (unpaired) electrons. The summed E-state index contributed by atoms with van der Waals surface area (Å²) in [5.74, 6) is -1.59. The molecule has 1 heterocycles. The van der Waals surface area contributed by atoms with Gasteiger partial charge in [0.25, 0.3) is 5.91 Å². The third-order valence-corrected chi connectivity index (χ3v) is 3.16. The van der Waals surface area contributed by atoms with E-state index in [1.165, 1.54) is 12.3 Å². The number of aromatic nitrogens is 1. The van der Waals surface area contributed by atoms with Crippen LogP contribution in [-0.4, -0.2) is 27.5 Å². The maximum atomic E-state index is 11.9. The zero-order valence-corrected chi connectivity index (χ0v) is 11.0. The van der Waals surface area contributed by atoms with Crippen molar-refractivity contribution in [3.63, 3.8) is 0 Å². The molecule has 2 N–H and O–H groups in total. The number of carboxylic acids is 1. The molecule has 0 atom stereocenters. The van der Waals surface area contributed by atoms with Crippen molar-refractivity contribution in [3.8, 4) is 0 Å². The van der Waals surface area contributed by atoms with Gasteiger partial charge in [-0.1, -0.05) is 25.4 Å². The van der Waals surface area contributed by atoms with E-state index >= 15 is 0 Å². The third kappa shape index (κ3) is 2.98. The van der Waals surface area contributed by atoms with Gasteiger partial charge in [-0.05, 0) is 25.0 Å². The maximum Gasteiger partial charge on any atom is 0.329 e. The average Bonchev–Trinajstić information content (AvgIpc) is 2.35. The van der Waals surface area contributed by atoms with Gasteiger partial charge in [0.1, 0.15) is 11.2 Å². The van der Waals surface area contributed by atoms with Gasteiger partial charge in [-0.3, -0.25) is 9.78 Å². The first-order valence-corrected chi connectivity index (χ1v) is 6.00. The minimum Gasteiger partial charge on any atom is -0.480 e. The summed E-state index contributed by atoms with van der Waals surface area (Å²) in [5.41, 5.74) is -1.16. The van der Waals surface area contributed by atoms with E-state index < -0.39 is 17.4 Å². The topological polar surface area (TPSA) is 79.3 Å². The molecule has 0 bridgehead atoms. The Morgan fingerprint density at radius 3 is 2.50 bits per heavy atom. The summed E-state index contributed by atoms with van der Waals surface area (Å²) in [6.45, 7) is 3.42. The fraction of sp³-hybridized carbons (Fsp3) is 0.417. The van der Waals surface area contributed by atoms with Gasteiger partial charge in [-0.25, -0.2) is 4.79 Å². The number of amides is 1. The summed E-state index contributed by atoms with van der Waals surface area (Å²) in [4.78, 5) is 27.1. The van der Waals surface area contributed by atoms with Gasteiger partial charge in [0.2, 0.25) is 0 Å². The third-order valence-electron chi connectivity index (χ3n) is 2.92. The SMILES string of the molecule is CCC(CC)(NC(=O)c1cc(Cl)ccn1)C(=O)O. The molecule has 0 fully saturated rings. The first kappa shape index (κ1) is 14.4. The van der Waals surface area contributed by atoms with Gasteiger partial charge in [-0.2, -0.15) is 0 Å². The number of carboxylic acid groups (broad SMARTS) is 1. The van der Waals surface area contributed by atoms with Crippen LogP contribution < -0.4 is 5.32 Å². The van der Waals surface area contributed by atoms with Crippen LogP contribution in [0.2, 0.25) is 5.02 Å². The molecule has 0 aliphatic heterocycles. The molecule has 0 aliphatic rings. The van der Waals surface area contributed by atoms with Crippen LogP contribution >= 0.6 is 11.6 Å².